The molecule has 0 bridgehead atoms. The summed E-state index contributed by atoms with van der Waals surface area (Å²) in [6, 6.07) is 9.76. The highest BCUT2D eigenvalue weighted by molar-refractivity contribution is 5.73. The fourth-order valence-corrected chi connectivity index (χ4v) is 2.32. The van der Waals surface area contributed by atoms with E-state index in [-0.39, 0.29) is 18.4 Å². The molecule has 0 radical (unpaired) electrons. The van der Waals surface area contributed by atoms with Gasteiger partial charge in [-0.2, -0.15) is 5.10 Å². The van der Waals surface area contributed by atoms with Gasteiger partial charge in [0.25, 0.3) is 0 Å². The number of rotatable bonds is 5. The first-order valence-electron chi connectivity index (χ1n) is 7.81. The van der Waals surface area contributed by atoms with Crippen molar-refractivity contribution >= 4 is 6.03 Å². The van der Waals surface area contributed by atoms with Crippen molar-refractivity contribution in [2.45, 2.75) is 13.1 Å². The van der Waals surface area contributed by atoms with E-state index < -0.39 is 0 Å². The number of halogens is 1. The van der Waals surface area contributed by atoms with Gasteiger partial charge in [0.15, 0.2) is 0 Å². The molecule has 3 aromatic rings. The summed E-state index contributed by atoms with van der Waals surface area (Å²) < 4.78 is 15.2. The Morgan fingerprint density at radius 1 is 1.12 bits per heavy atom. The van der Waals surface area contributed by atoms with E-state index in [2.05, 4.69) is 20.7 Å². The lowest BCUT2D eigenvalue weighted by molar-refractivity contribution is 0.240. The number of amides is 2. The molecule has 0 saturated heterocycles. The minimum absolute atomic E-state index is 0.136. The summed E-state index contributed by atoms with van der Waals surface area (Å²) in [5.74, 6) is -0.335. The zero-order valence-corrected chi connectivity index (χ0v) is 13.7. The fraction of sp³-hybridized carbons (Fsp3) is 0.167. The average Bonchev–Trinajstić information content (AvgIpc) is 3.06. The summed E-state index contributed by atoms with van der Waals surface area (Å²) in [5, 5.41) is 9.46. The summed E-state index contributed by atoms with van der Waals surface area (Å²) in [7, 11) is 1.85. The number of hydrogen-bond acceptors (Lipinski definition) is 3. The molecule has 0 spiro atoms. The Bertz CT molecular complexity index is 860. The van der Waals surface area contributed by atoms with Crippen LogP contribution in [0.2, 0.25) is 0 Å². The largest absolute Gasteiger partial charge is 0.334 e. The number of carbonyl (C=O) groups excluding carboxylic acids is 1. The van der Waals surface area contributed by atoms with Crippen molar-refractivity contribution in [1.82, 2.24) is 25.4 Å². The normalized spacial score (nSPS) is 10.5. The Balaban J connectivity index is 1.49. The standard InChI is InChI=1S/C18H18FN5O/c1-24-12-15(11-23-24)17-7-6-13(8-20-17)9-21-18(25)22-10-14-4-2-3-5-16(14)19/h2-8,11-12H,9-10H2,1H3,(H2,21,22,25). The molecular formula is C18H18FN5O. The Morgan fingerprint density at radius 3 is 2.60 bits per heavy atom. The van der Waals surface area contributed by atoms with Gasteiger partial charge in [-0.15, -0.1) is 0 Å². The number of hydrogen-bond donors (Lipinski definition) is 2. The van der Waals surface area contributed by atoms with Gasteiger partial charge < -0.3 is 10.6 Å². The number of aromatic nitrogens is 3. The molecule has 0 fully saturated rings. The maximum atomic E-state index is 13.5. The SMILES string of the molecule is Cn1cc(-c2ccc(CNC(=O)NCc3ccccc3F)cn2)cn1. The number of nitrogens with one attached hydrogen (secondary N) is 2. The smallest absolute Gasteiger partial charge is 0.315 e. The molecule has 0 aliphatic carbocycles. The number of carbonyl (C=O) groups is 1. The van der Waals surface area contributed by atoms with Crippen LogP contribution in [0.5, 0.6) is 0 Å². The minimum atomic E-state index is -0.361. The van der Waals surface area contributed by atoms with Crippen molar-refractivity contribution in [2.75, 3.05) is 0 Å². The van der Waals surface area contributed by atoms with Crippen LogP contribution in [-0.4, -0.2) is 20.8 Å². The van der Waals surface area contributed by atoms with Gasteiger partial charge in [-0.3, -0.25) is 9.67 Å². The van der Waals surface area contributed by atoms with E-state index in [0.29, 0.717) is 12.1 Å². The summed E-state index contributed by atoms with van der Waals surface area (Å²) in [6.07, 6.45) is 5.34. The number of benzene rings is 1. The van der Waals surface area contributed by atoms with Crippen molar-refractivity contribution < 1.29 is 9.18 Å². The molecule has 3 rings (SSSR count). The highest BCUT2D eigenvalue weighted by atomic mass is 19.1. The van der Waals surface area contributed by atoms with Crippen molar-refractivity contribution in [3.05, 3.63) is 71.9 Å². The molecule has 128 valence electrons. The first-order chi connectivity index (χ1) is 12.1. The molecule has 6 nitrogen and oxygen atoms in total. The van der Waals surface area contributed by atoms with Crippen LogP contribution in [0.4, 0.5) is 9.18 Å². The topological polar surface area (TPSA) is 71.8 Å². The maximum absolute atomic E-state index is 13.5. The molecule has 2 amide bonds. The second-order valence-corrected chi connectivity index (χ2v) is 5.58. The Hall–Kier alpha value is -3.22. The first-order valence-corrected chi connectivity index (χ1v) is 7.81. The predicted molar refractivity (Wildman–Crippen MR) is 91.9 cm³/mol. The third-order valence-corrected chi connectivity index (χ3v) is 3.68. The third-order valence-electron chi connectivity index (χ3n) is 3.68. The Morgan fingerprint density at radius 2 is 1.92 bits per heavy atom. The molecule has 0 unspecified atom stereocenters. The molecule has 7 heteroatoms. The van der Waals surface area contributed by atoms with Gasteiger partial charge in [0, 0.05) is 43.7 Å². The highest BCUT2D eigenvalue weighted by Gasteiger charge is 2.05. The summed E-state index contributed by atoms with van der Waals surface area (Å²) in [5.41, 5.74) is 3.07. The monoisotopic (exact) mass is 339 g/mol. The number of pyridine rings is 1. The van der Waals surface area contributed by atoms with Crippen LogP contribution in [0.3, 0.4) is 0 Å². The molecule has 2 heterocycles. The molecule has 2 aromatic heterocycles. The fourth-order valence-electron chi connectivity index (χ4n) is 2.32. The quantitative estimate of drug-likeness (QED) is 0.750. The molecule has 0 aliphatic rings. The molecular weight excluding hydrogens is 321 g/mol. The minimum Gasteiger partial charge on any atom is -0.334 e. The molecule has 0 atom stereocenters. The van der Waals surface area contributed by atoms with Crippen LogP contribution in [0.25, 0.3) is 11.3 Å². The van der Waals surface area contributed by atoms with Gasteiger partial charge in [-0.05, 0) is 17.7 Å². The molecule has 0 aliphatic heterocycles. The predicted octanol–water partition coefficient (Wildman–Crippen LogP) is 2.62. The van der Waals surface area contributed by atoms with Gasteiger partial charge in [-0.1, -0.05) is 24.3 Å². The molecule has 2 N–H and O–H groups in total. The Kier molecular flexibility index (Phi) is 5.03. The molecule has 1 aromatic carbocycles. The van der Waals surface area contributed by atoms with Gasteiger partial charge in [0.05, 0.1) is 11.9 Å². The lowest BCUT2D eigenvalue weighted by atomic mass is 10.2. The van der Waals surface area contributed by atoms with Crippen LogP contribution >= 0.6 is 0 Å². The van der Waals surface area contributed by atoms with E-state index in [9.17, 15) is 9.18 Å². The molecule has 0 saturated carbocycles. The van der Waals surface area contributed by atoms with Crippen LogP contribution in [0, 0.1) is 5.82 Å². The number of urea groups is 1. The van der Waals surface area contributed by atoms with E-state index in [1.54, 1.807) is 35.3 Å². The zero-order valence-electron chi connectivity index (χ0n) is 13.7. The zero-order chi connectivity index (χ0) is 17.6. The maximum Gasteiger partial charge on any atom is 0.315 e. The van der Waals surface area contributed by atoms with Crippen LogP contribution in [0.1, 0.15) is 11.1 Å². The van der Waals surface area contributed by atoms with E-state index >= 15 is 0 Å². The van der Waals surface area contributed by atoms with Crippen molar-refractivity contribution in [1.29, 1.82) is 0 Å². The van der Waals surface area contributed by atoms with Crippen molar-refractivity contribution in [3.63, 3.8) is 0 Å². The number of aryl methyl sites for hydroxylation is 1. The molecule has 25 heavy (non-hydrogen) atoms. The second-order valence-electron chi connectivity index (χ2n) is 5.58. The van der Waals surface area contributed by atoms with Gasteiger partial charge in [-0.25, -0.2) is 9.18 Å². The van der Waals surface area contributed by atoms with E-state index in [0.717, 1.165) is 16.8 Å². The van der Waals surface area contributed by atoms with Gasteiger partial charge >= 0.3 is 6.03 Å². The lowest BCUT2D eigenvalue weighted by Gasteiger charge is -2.08. The highest BCUT2D eigenvalue weighted by Crippen LogP contribution is 2.15. The number of nitrogens with zero attached hydrogens (tertiary/aromatic N) is 3. The van der Waals surface area contributed by atoms with Crippen molar-refractivity contribution in [3.8, 4) is 11.3 Å². The lowest BCUT2D eigenvalue weighted by Crippen LogP contribution is -2.34. The third kappa shape index (κ3) is 4.41. The van der Waals surface area contributed by atoms with E-state index in [1.807, 2.05) is 25.4 Å². The van der Waals surface area contributed by atoms with Gasteiger partial charge in [0.1, 0.15) is 5.82 Å². The second kappa shape index (κ2) is 7.57. The first kappa shape index (κ1) is 16.6. The Labute approximate surface area is 144 Å². The summed E-state index contributed by atoms with van der Waals surface area (Å²) in [4.78, 5) is 16.2. The summed E-state index contributed by atoms with van der Waals surface area (Å²) in [6.45, 7) is 0.472. The van der Waals surface area contributed by atoms with E-state index in [1.165, 1.54) is 6.07 Å². The van der Waals surface area contributed by atoms with Crippen LogP contribution < -0.4 is 10.6 Å². The van der Waals surface area contributed by atoms with Crippen LogP contribution in [-0.2, 0) is 20.1 Å². The average molecular weight is 339 g/mol. The van der Waals surface area contributed by atoms with E-state index in [4.69, 9.17) is 0 Å². The summed E-state index contributed by atoms with van der Waals surface area (Å²) >= 11 is 0. The van der Waals surface area contributed by atoms with Crippen molar-refractivity contribution in [2.24, 2.45) is 7.05 Å². The van der Waals surface area contributed by atoms with Gasteiger partial charge in [0.2, 0.25) is 0 Å². The van der Waals surface area contributed by atoms with Crippen LogP contribution in [0.15, 0.2) is 55.0 Å².